The topological polar surface area (TPSA) is 62.0 Å². The Morgan fingerprint density at radius 2 is 1.31 bits per heavy atom. The van der Waals surface area contributed by atoms with Crippen LogP contribution in [0.25, 0.3) is 41.6 Å². The minimum Gasteiger partial charge on any atom is -0.236 e. The van der Waals surface area contributed by atoms with E-state index in [1.54, 1.807) is 22.7 Å². The van der Waals surface area contributed by atoms with Crippen molar-refractivity contribution in [2.24, 2.45) is 5.11 Å². The van der Waals surface area contributed by atoms with Gasteiger partial charge in [0.1, 0.15) is 10.0 Å². The van der Waals surface area contributed by atoms with Crippen molar-refractivity contribution < 1.29 is 0 Å². The van der Waals surface area contributed by atoms with E-state index in [2.05, 4.69) is 17.2 Å². The van der Waals surface area contributed by atoms with E-state index in [1.165, 1.54) is 0 Å². The van der Waals surface area contributed by atoms with Gasteiger partial charge in [-0.2, -0.15) is 5.11 Å². The SMILES string of the molecule is N=Nc1cccc(-c2nc3ccccc3s2)c1-c1nc2ccccc2s1. The highest BCUT2D eigenvalue weighted by Crippen LogP contribution is 2.44. The minimum absolute atomic E-state index is 0.612. The van der Waals surface area contributed by atoms with Gasteiger partial charge in [0.15, 0.2) is 0 Å². The molecule has 0 aliphatic heterocycles. The molecule has 4 nitrogen and oxygen atoms in total. The van der Waals surface area contributed by atoms with E-state index in [0.717, 1.165) is 41.6 Å². The molecular formula is C20H12N4S2. The number of hydrogen-bond donors (Lipinski definition) is 1. The van der Waals surface area contributed by atoms with Gasteiger partial charge in [0.05, 0.1) is 26.1 Å². The average molecular weight is 372 g/mol. The molecule has 3 aromatic carbocycles. The van der Waals surface area contributed by atoms with Gasteiger partial charge < -0.3 is 0 Å². The fraction of sp³-hybridized carbons (Fsp3) is 0. The van der Waals surface area contributed by atoms with Crippen LogP contribution in [0.4, 0.5) is 5.69 Å². The third-order valence-corrected chi connectivity index (χ3v) is 6.32. The Hall–Kier alpha value is -2.96. The molecule has 124 valence electrons. The van der Waals surface area contributed by atoms with Crippen LogP contribution in [0.2, 0.25) is 0 Å². The van der Waals surface area contributed by atoms with Crippen LogP contribution in [0.5, 0.6) is 0 Å². The molecule has 26 heavy (non-hydrogen) atoms. The number of rotatable bonds is 3. The summed E-state index contributed by atoms with van der Waals surface area (Å²) in [4.78, 5) is 9.57. The number of hydrogen-bond acceptors (Lipinski definition) is 6. The summed E-state index contributed by atoms with van der Waals surface area (Å²) in [7, 11) is 0. The minimum atomic E-state index is 0.612. The van der Waals surface area contributed by atoms with Gasteiger partial charge in [-0.3, -0.25) is 0 Å². The van der Waals surface area contributed by atoms with E-state index in [4.69, 9.17) is 15.5 Å². The Balaban J connectivity index is 1.79. The van der Waals surface area contributed by atoms with Crippen LogP contribution in [-0.4, -0.2) is 9.97 Å². The van der Waals surface area contributed by atoms with Crippen molar-refractivity contribution in [1.29, 1.82) is 5.53 Å². The van der Waals surface area contributed by atoms with Crippen LogP contribution in [0, 0.1) is 5.53 Å². The maximum absolute atomic E-state index is 7.62. The lowest BCUT2D eigenvalue weighted by atomic mass is 10.1. The Bertz CT molecular complexity index is 1200. The molecule has 6 heteroatoms. The normalized spacial score (nSPS) is 11.2. The van der Waals surface area contributed by atoms with Gasteiger partial charge in [-0.15, -0.1) is 22.7 Å². The van der Waals surface area contributed by atoms with Crippen molar-refractivity contribution in [3.05, 3.63) is 66.7 Å². The summed E-state index contributed by atoms with van der Waals surface area (Å²) in [6.45, 7) is 0. The van der Waals surface area contributed by atoms with E-state index in [-0.39, 0.29) is 0 Å². The number of nitrogens with zero attached hydrogens (tertiary/aromatic N) is 3. The van der Waals surface area contributed by atoms with E-state index in [9.17, 15) is 0 Å². The summed E-state index contributed by atoms with van der Waals surface area (Å²) in [6.07, 6.45) is 0. The molecule has 5 rings (SSSR count). The van der Waals surface area contributed by atoms with Gasteiger partial charge in [-0.05, 0) is 30.3 Å². The van der Waals surface area contributed by atoms with Gasteiger partial charge >= 0.3 is 0 Å². The fourth-order valence-electron chi connectivity index (χ4n) is 3.00. The van der Waals surface area contributed by atoms with Crippen LogP contribution in [0.1, 0.15) is 0 Å². The first kappa shape index (κ1) is 15.3. The van der Waals surface area contributed by atoms with Crippen LogP contribution in [0.3, 0.4) is 0 Å². The van der Waals surface area contributed by atoms with Crippen LogP contribution in [0.15, 0.2) is 71.8 Å². The summed E-state index contributed by atoms with van der Waals surface area (Å²) in [5.41, 5.74) is 12.0. The maximum atomic E-state index is 7.62. The number of thiazole rings is 2. The molecule has 5 aromatic rings. The van der Waals surface area contributed by atoms with Crippen LogP contribution >= 0.6 is 22.7 Å². The Kier molecular flexibility index (Phi) is 3.58. The summed E-state index contributed by atoms with van der Waals surface area (Å²) in [6, 6.07) is 22.0. The standard InChI is InChI=1S/C20H12N4S2/c21-24-15-9-5-6-12(19-22-13-7-1-3-10-16(13)25-19)18(15)20-23-14-8-2-4-11-17(14)26-20/h1-11,21H. The van der Waals surface area contributed by atoms with E-state index < -0.39 is 0 Å². The van der Waals surface area contributed by atoms with Gasteiger partial charge in [-0.1, -0.05) is 36.4 Å². The third kappa shape index (κ3) is 2.42. The summed E-state index contributed by atoms with van der Waals surface area (Å²) in [5.74, 6) is 0. The largest absolute Gasteiger partial charge is 0.236 e. The third-order valence-electron chi connectivity index (χ3n) is 4.19. The molecule has 0 saturated carbocycles. The van der Waals surface area contributed by atoms with Gasteiger partial charge in [-0.25, -0.2) is 15.5 Å². The zero-order valence-corrected chi connectivity index (χ0v) is 15.1. The van der Waals surface area contributed by atoms with E-state index in [1.807, 2.05) is 54.6 Å². The van der Waals surface area contributed by atoms with Crippen molar-refractivity contribution in [2.75, 3.05) is 0 Å². The predicted molar refractivity (Wildman–Crippen MR) is 108 cm³/mol. The second-order valence-electron chi connectivity index (χ2n) is 5.78. The fourth-order valence-corrected chi connectivity index (χ4v) is 5.03. The van der Waals surface area contributed by atoms with Crippen molar-refractivity contribution in [3.63, 3.8) is 0 Å². The summed E-state index contributed by atoms with van der Waals surface area (Å²) >= 11 is 3.27. The smallest absolute Gasteiger partial charge is 0.127 e. The van der Waals surface area contributed by atoms with Crippen molar-refractivity contribution in [1.82, 2.24) is 9.97 Å². The Morgan fingerprint density at radius 1 is 0.692 bits per heavy atom. The van der Waals surface area contributed by atoms with E-state index >= 15 is 0 Å². The quantitative estimate of drug-likeness (QED) is 0.350. The zero-order chi connectivity index (χ0) is 17.5. The van der Waals surface area contributed by atoms with Crippen molar-refractivity contribution >= 4 is 48.8 Å². The molecule has 0 aliphatic rings. The average Bonchev–Trinajstić information content (AvgIpc) is 3.31. The molecular weight excluding hydrogens is 360 g/mol. The molecule has 2 aromatic heterocycles. The molecule has 2 heterocycles. The lowest BCUT2D eigenvalue weighted by Gasteiger charge is -2.07. The molecule has 0 fully saturated rings. The highest BCUT2D eigenvalue weighted by molar-refractivity contribution is 7.22. The van der Waals surface area contributed by atoms with Crippen molar-refractivity contribution in [2.45, 2.75) is 0 Å². The van der Waals surface area contributed by atoms with E-state index in [0.29, 0.717) is 5.69 Å². The summed E-state index contributed by atoms with van der Waals surface area (Å²) in [5, 5.41) is 5.54. The van der Waals surface area contributed by atoms with Crippen LogP contribution < -0.4 is 0 Å². The number of aromatic nitrogens is 2. The highest BCUT2D eigenvalue weighted by Gasteiger charge is 2.18. The Morgan fingerprint density at radius 3 is 1.96 bits per heavy atom. The van der Waals surface area contributed by atoms with Gasteiger partial charge in [0, 0.05) is 11.1 Å². The Labute approximate surface area is 157 Å². The predicted octanol–water partition coefficient (Wildman–Crippen LogP) is 6.90. The first-order valence-electron chi connectivity index (χ1n) is 8.06. The first-order chi connectivity index (χ1) is 12.8. The number of para-hydroxylation sites is 2. The second kappa shape index (κ2) is 6.09. The first-order valence-corrected chi connectivity index (χ1v) is 9.69. The molecule has 0 unspecified atom stereocenters. The summed E-state index contributed by atoms with van der Waals surface area (Å²) < 4.78 is 2.27. The lowest BCUT2D eigenvalue weighted by molar-refractivity contribution is 1.15. The number of benzene rings is 3. The van der Waals surface area contributed by atoms with Gasteiger partial charge in [0.2, 0.25) is 0 Å². The molecule has 0 amide bonds. The number of fused-ring (bicyclic) bond motifs is 2. The molecule has 0 saturated heterocycles. The molecule has 0 aliphatic carbocycles. The van der Waals surface area contributed by atoms with Crippen LogP contribution in [-0.2, 0) is 0 Å². The van der Waals surface area contributed by atoms with Gasteiger partial charge in [0.25, 0.3) is 0 Å². The second-order valence-corrected chi connectivity index (χ2v) is 7.85. The monoisotopic (exact) mass is 372 g/mol. The van der Waals surface area contributed by atoms with Crippen molar-refractivity contribution in [3.8, 4) is 21.1 Å². The highest BCUT2D eigenvalue weighted by atomic mass is 32.1. The maximum Gasteiger partial charge on any atom is 0.127 e. The molecule has 0 spiro atoms. The molecule has 1 N–H and O–H groups in total. The number of nitrogens with one attached hydrogen (secondary N) is 1. The molecule has 0 atom stereocenters. The molecule has 0 bridgehead atoms. The molecule has 0 radical (unpaired) electrons. The zero-order valence-electron chi connectivity index (χ0n) is 13.5. The lowest BCUT2D eigenvalue weighted by Crippen LogP contribution is -1.85.